The van der Waals surface area contributed by atoms with Crippen LogP contribution in [0.15, 0.2) is 30.3 Å². The van der Waals surface area contributed by atoms with Gasteiger partial charge in [0.25, 0.3) is 5.91 Å². The number of aromatic nitrogens is 2. The summed E-state index contributed by atoms with van der Waals surface area (Å²) in [5.74, 6) is 0.285. The van der Waals surface area contributed by atoms with E-state index in [1.165, 1.54) is 11.3 Å². The fraction of sp³-hybridized carbons (Fsp3) is 0.357. The van der Waals surface area contributed by atoms with Crippen molar-refractivity contribution < 1.29 is 4.79 Å². The molecule has 4 nitrogen and oxygen atoms in total. The normalized spacial score (nSPS) is 10.7. The lowest BCUT2D eigenvalue weighted by Crippen LogP contribution is -2.11. The summed E-state index contributed by atoms with van der Waals surface area (Å²) in [6, 6.07) is 9.11. The molecule has 19 heavy (non-hydrogen) atoms. The first-order chi connectivity index (χ1) is 9.24. The lowest BCUT2D eigenvalue weighted by atomic mass is 10.1. The van der Waals surface area contributed by atoms with Gasteiger partial charge in [0, 0.05) is 11.5 Å². The molecule has 0 saturated carbocycles. The molecule has 0 aliphatic heterocycles. The number of hydrogen-bond donors (Lipinski definition) is 1. The number of nitrogens with zero attached hydrogens (tertiary/aromatic N) is 2. The maximum Gasteiger partial charge on any atom is 0.257 e. The number of benzene rings is 1. The van der Waals surface area contributed by atoms with Crippen LogP contribution < -0.4 is 5.32 Å². The van der Waals surface area contributed by atoms with Crippen LogP contribution in [0.5, 0.6) is 0 Å². The van der Waals surface area contributed by atoms with Gasteiger partial charge in [-0.05, 0) is 25.0 Å². The van der Waals surface area contributed by atoms with Gasteiger partial charge in [-0.2, -0.15) is 0 Å². The van der Waals surface area contributed by atoms with E-state index in [4.69, 9.17) is 0 Å². The maximum atomic E-state index is 12.0. The van der Waals surface area contributed by atoms with Gasteiger partial charge in [-0.1, -0.05) is 43.4 Å². The zero-order valence-corrected chi connectivity index (χ0v) is 11.9. The highest BCUT2D eigenvalue weighted by Crippen LogP contribution is 2.28. The highest BCUT2D eigenvalue weighted by atomic mass is 32.1. The summed E-state index contributed by atoms with van der Waals surface area (Å²) in [7, 11) is 0. The Morgan fingerprint density at radius 1 is 1.21 bits per heavy atom. The summed E-state index contributed by atoms with van der Waals surface area (Å²) in [5.41, 5.74) is 0.627. The highest BCUT2D eigenvalue weighted by molar-refractivity contribution is 7.15. The van der Waals surface area contributed by atoms with E-state index < -0.39 is 0 Å². The molecule has 0 radical (unpaired) electrons. The molecule has 0 unspecified atom stereocenters. The number of hydrogen-bond acceptors (Lipinski definition) is 4. The van der Waals surface area contributed by atoms with Crippen LogP contribution in [0.2, 0.25) is 0 Å². The predicted molar refractivity (Wildman–Crippen MR) is 77.6 cm³/mol. The summed E-state index contributed by atoms with van der Waals surface area (Å²) in [5, 5.41) is 12.5. The molecule has 1 N–H and O–H groups in total. The zero-order valence-electron chi connectivity index (χ0n) is 11.1. The third kappa shape index (κ3) is 3.38. The molecule has 0 atom stereocenters. The second-order valence-corrected chi connectivity index (χ2v) is 5.29. The first-order valence-corrected chi connectivity index (χ1v) is 7.26. The van der Waals surface area contributed by atoms with Gasteiger partial charge in [-0.25, -0.2) is 0 Å². The predicted octanol–water partition coefficient (Wildman–Crippen LogP) is 3.69. The molecule has 0 saturated heterocycles. The summed E-state index contributed by atoms with van der Waals surface area (Å²) in [6.45, 7) is 4.27. The van der Waals surface area contributed by atoms with Crippen molar-refractivity contribution in [1.82, 2.24) is 10.2 Å². The van der Waals surface area contributed by atoms with Gasteiger partial charge in [0.15, 0.2) is 0 Å². The van der Waals surface area contributed by atoms with E-state index in [-0.39, 0.29) is 5.91 Å². The van der Waals surface area contributed by atoms with Crippen LogP contribution >= 0.6 is 11.3 Å². The van der Waals surface area contributed by atoms with E-state index >= 15 is 0 Å². The van der Waals surface area contributed by atoms with Crippen molar-refractivity contribution in [2.45, 2.75) is 32.6 Å². The van der Waals surface area contributed by atoms with Gasteiger partial charge in [-0.15, -0.1) is 10.2 Å². The Hall–Kier alpha value is -1.75. The Kier molecular flexibility index (Phi) is 4.63. The summed E-state index contributed by atoms with van der Waals surface area (Å²) in [6.07, 6.45) is 2.08. The molecule has 1 aromatic heterocycles. The molecule has 5 heteroatoms. The monoisotopic (exact) mass is 275 g/mol. The molecule has 0 fully saturated rings. The van der Waals surface area contributed by atoms with Crippen LogP contribution in [0.25, 0.3) is 0 Å². The van der Waals surface area contributed by atoms with E-state index in [2.05, 4.69) is 29.4 Å². The minimum absolute atomic E-state index is 0.146. The van der Waals surface area contributed by atoms with Crippen molar-refractivity contribution in [3.05, 3.63) is 40.9 Å². The van der Waals surface area contributed by atoms with Crippen molar-refractivity contribution in [1.29, 1.82) is 0 Å². The Morgan fingerprint density at radius 2 is 1.89 bits per heavy atom. The van der Waals surface area contributed by atoms with Crippen LogP contribution in [0.3, 0.4) is 0 Å². The molecule has 1 heterocycles. The lowest BCUT2D eigenvalue weighted by Gasteiger charge is -2.05. The van der Waals surface area contributed by atoms with Crippen LogP contribution in [0, 0.1) is 0 Å². The van der Waals surface area contributed by atoms with Gasteiger partial charge in [0.2, 0.25) is 5.13 Å². The second-order valence-electron chi connectivity index (χ2n) is 4.28. The molecule has 0 aliphatic carbocycles. The van der Waals surface area contributed by atoms with Gasteiger partial charge >= 0.3 is 0 Å². The van der Waals surface area contributed by atoms with Crippen LogP contribution in [0.1, 0.15) is 48.0 Å². The average Bonchev–Trinajstić information content (AvgIpc) is 2.89. The number of carbonyl (C=O) groups excluding carboxylic acids is 1. The van der Waals surface area contributed by atoms with E-state index in [0.29, 0.717) is 16.6 Å². The molecule has 0 bridgehead atoms. The fourth-order valence-corrected chi connectivity index (χ4v) is 2.85. The molecular formula is C14H17N3OS. The molecule has 0 spiro atoms. The molecule has 2 aromatic rings. The van der Waals surface area contributed by atoms with Crippen molar-refractivity contribution in [2.75, 3.05) is 5.32 Å². The maximum absolute atomic E-state index is 12.0. The first kappa shape index (κ1) is 13.7. The van der Waals surface area contributed by atoms with Crippen molar-refractivity contribution in [3.8, 4) is 0 Å². The second kappa shape index (κ2) is 6.43. The van der Waals surface area contributed by atoms with Crippen molar-refractivity contribution in [2.24, 2.45) is 0 Å². The SMILES string of the molecule is CCC(CC)c1nnc(NC(=O)c2ccccc2)s1. The van der Waals surface area contributed by atoms with Gasteiger partial charge in [0.05, 0.1) is 0 Å². The fourth-order valence-electron chi connectivity index (χ4n) is 1.85. The minimum Gasteiger partial charge on any atom is -0.296 e. The van der Waals surface area contributed by atoms with Crippen LogP contribution in [0.4, 0.5) is 5.13 Å². The van der Waals surface area contributed by atoms with Gasteiger partial charge in [-0.3, -0.25) is 10.1 Å². The van der Waals surface area contributed by atoms with Crippen molar-refractivity contribution in [3.63, 3.8) is 0 Å². The highest BCUT2D eigenvalue weighted by Gasteiger charge is 2.14. The molecule has 1 amide bonds. The number of carbonyl (C=O) groups is 1. The minimum atomic E-state index is -0.146. The topological polar surface area (TPSA) is 54.9 Å². The first-order valence-electron chi connectivity index (χ1n) is 6.44. The van der Waals surface area contributed by atoms with E-state index in [1.54, 1.807) is 12.1 Å². The smallest absolute Gasteiger partial charge is 0.257 e. The third-order valence-electron chi connectivity index (χ3n) is 3.03. The average molecular weight is 275 g/mol. The lowest BCUT2D eigenvalue weighted by molar-refractivity contribution is 0.102. The van der Waals surface area contributed by atoms with Crippen molar-refractivity contribution >= 4 is 22.4 Å². The van der Waals surface area contributed by atoms with Crippen LogP contribution in [-0.2, 0) is 0 Å². The zero-order chi connectivity index (χ0) is 13.7. The largest absolute Gasteiger partial charge is 0.296 e. The Labute approximate surface area is 116 Å². The van der Waals surface area contributed by atoms with Crippen LogP contribution in [-0.4, -0.2) is 16.1 Å². The number of anilines is 1. The van der Waals surface area contributed by atoms with Gasteiger partial charge in [0.1, 0.15) is 5.01 Å². The van der Waals surface area contributed by atoms with E-state index in [0.717, 1.165) is 17.8 Å². The quantitative estimate of drug-likeness (QED) is 0.905. The molecule has 0 aliphatic rings. The Balaban J connectivity index is 2.06. The van der Waals surface area contributed by atoms with E-state index in [9.17, 15) is 4.79 Å². The number of amides is 1. The van der Waals surface area contributed by atoms with Gasteiger partial charge < -0.3 is 0 Å². The summed E-state index contributed by atoms with van der Waals surface area (Å²) in [4.78, 5) is 12.0. The standard InChI is InChI=1S/C14H17N3OS/c1-3-10(4-2)13-16-17-14(19-13)15-12(18)11-8-6-5-7-9-11/h5-10H,3-4H2,1-2H3,(H,15,17,18). The number of nitrogens with one attached hydrogen (secondary N) is 1. The Bertz CT molecular complexity index is 535. The summed E-state index contributed by atoms with van der Waals surface area (Å²) < 4.78 is 0. The molecule has 2 rings (SSSR count). The summed E-state index contributed by atoms with van der Waals surface area (Å²) >= 11 is 1.46. The molecule has 100 valence electrons. The third-order valence-corrected chi connectivity index (χ3v) is 4.03. The molecule has 1 aromatic carbocycles. The van der Waals surface area contributed by atoms with E-state index in [1.807, 2.05) is 18.2 Å². The number of rotatable bonds is 5. The Morgan fingerprint density at radius 3 is 2.53 bits per heavy atom. The molecular weight excluding hydrogens is 258 g/mol.